The van der Waals surface area contributed by atoms with Crippen LogP contribution in [0.15, 0.2) is 84.3 Å². The second-order valence-corrected chi connectivity index (χ2v) is 6.14. The molecule has 2 aromatic heterocycles. The molecule has 0 amide bonds. The third-order valence-electron chi connectivity index (χ3n) is 2.67. The third kappa shape index (κ3) is 18.5. The van der Waals surface area contributed by atoms with Crippen LogP contribution in [-0.4, -0.2) is 15.7 Å². The van der Waals surface area contributed by atoms with Gasteiger partial charge in [0.1, 0.15) is 0 Å². The molecule has 1 aromatic carbocycles. The molecule has 0 aliphatic carbocycles. The number of hydrogen-bond acceptors (Lipinski definition) is 3. The maximum atomic E-state index is 3.88. The summed E-state index contributed by atoms with van der Waals surface area (Å²) in [5.41, 5.74) is 2.42. The van der Waals surface area contributed by atoms with E-state index < -0.39 is 0 Å². The van der Waals surface area contributed by atoms with Crippen LogP contribution in [0.4, 0.5) is 0 Å². The molecule has 3 heteroatoms. The summed E-state index contributed by atoms with van der Waals surface area (Å²) in [6.07, 6.45) is 7.21. The van der Waals surface area contributed by atoms with Crippen molar-refractivity contribution in [1.82, 2.24) is 9.97 Å². The Labute approximate surface area is 171 Å². The summed E-state index contributed by atoms with van der Waals surface area (Å²) in [6.45, 7) is 14.2. The van der Waals surface area contributed by atoms with Crippen LogP contribution in [0.5, 0.6) is 0 Å². The molecule has 2 heterocycles. The number of rotatable bonds is 2. The molecule has 0 N–H and O–H groups in total. The molecule has 0 aliphatic heterocycles. The summed E-state index contributed by atoms with van der Waals surface area (Å²) in [6, 6.07) is 18.3. The van der Waals surface area contributed by atoms with Gasteiger partial charge in [-0.15, -0.1) is 11.8 Å². The largest absolute Gasteiger partial charge is 0.264 e. The van der Waals surface area contributed by atoms with Crippen molar-refractivity contribution in [2.75, 3.05) is 5.75 Å². The monoisotopic (exact) mass is 384 g/mol. The highest BCUT2D eigenvalue weighted by Crippen LogP contribution is 2.15. The van der Waals surface area contributed by atoms with Crippen LogP contribution in [0.25, 0.3) is 0 Å². The minimum Gasteiger partial charge on any atom is -0.264 e. The lowest BCUT2D eigenvalue weighted by Gasteiger charge is -1.93. The zero-order chi connectivity index (χ0) is 20.8. The van der Waals surface area contributed by atoms with Crippen molar-refractivity contribution in [2.45, 2.75) is 53.4 Å². The lowest BCUT2D eigenvalue weighted by atomic mass is 10.3. The molecule has 0 atom stereocenters. The predicted octanol–water partition coefficient (Wildman–Crippen LogP) is 7.63. The van der Waals surface area contributed by atoms with Crippen LogP contribution in [-0.2, 0) is 0 Å². The zero-order valence-electron chi connectivity index (χ0n) is 18.0. The summed E-state index contributed by atoms with van der Waals surface area (Å²) in [5, 5.41) is 0. The number of pyridine rings is 2. The van der Waals surface area contributed by atoms with Crippen molar-refractivity contribution < 1.29 is 0 Å². The molecule has 0 aliphatic rings. The van der Waals surface area contributed by atoms with Crippen molar-refractivity contribution in [2.24, 2.45) is 0 Å². The number of aromatic nitrogens is 2. The molecule has 3 aromatic rings. The van der Waals surface area contributed by atoms with E-state index in [1.54, 1.807) is 12.4 Å². The van der Waals surface area contributed by atoms with Gasteiger partial charge in [0.15, 0.2) is 0 Å². The Bertz CT molecular complexity index is 576. The van der Waals surface area contributed by atoms with Crippen LogP contribution in [0.2, 0.25) is 0 Å². The number of thioether (sulfide) groups is 1. The molecular formula is C24H36N2S. The van der Waals surface area contributed by atoms with Crippen molar-refractivity contribution in [1.29, 1.82) is 0 Å². The second-order valence-electron chi connectivity index (χ2n) is 4.81. The molecule has 0 saturated heterocycles. The molecular weight excluding hydrogens is 348 g/mol. The smallest absolute Gasteiger partial charge is 0.0297 e. The normalized spacial score (nSPS) is 8.11. The Morgan fingerprint density at radius 1 is 0.667 bits per heavy atom. The van der Waals surface area contributed by atoms with Crippen molar-refractivity contribution in [3.63, 3.8) is 0 Å². The molecule has 0 unspecified atom stereocenters. The van der Waals surface area contributed by atoms with Gasteiger partial charge in [-0.25, -0.2) is 0 Å². The first-order valence-electron chi connectivity index (χ1n) is 9.63. The first kappa shape index (κ1) is 27.1. The summed E-state index contributed by atoms with van der Waals surface area (Å²) in [7, 11) is 0. The van der Waals surface area contributed by atoms with E-state index in [4.69, 9.17) is 0 Å². The van der Waals surface area contributed by atoms with Crippen molar-refractivity contribution in [3.05, 3.63) is 90.5 Å². The zero-order valence-corrected chi connectivity index (χ0v) is 18.8. The highest BCUT2D eigenvalue weighted by atomic mass is 32.2. The highest BCUT2D eigenvalue weighted by molar-refractivity contribution is 7.99. The lowest BCUT2D eigenvalue weighted by molar-refractivity contribution is 1.27. The fourth-order valence-electron chi connectivity index (χ4n) is 1.58. The van der Waals surface area contributed by atoms with E-state index in [-0.39, 0.29) is 0 Å². The van der Waals surface area contributed by atoms with Crippen molar-refractivity contribution >= 4 is 11.8 Å². The first-order chi connectivity index (χ1) is 13.2. The van der Waals surface area contributed by atoms with E-state index in [1.807, 2.05) is 96.0 Å². The fourth-order valence-corrected chi connectivity index (χ4v) is 2.26. The number of nitrogens with zero attached hydrogens (tertiary/aromatic N) is 2. The third-order valence-corrected chi connectivity index (χ3v) is 3.57. The van der Waals surface area contributed by atoms with E-state index in [0.29, 0.717) is 0 Å². The average molecular weight is 385 g/mol. The van der Waals surface area contributed by atoms with Crippen LogP contribution >= 0.6 is 11.8 Å². The molecule has 0 fully saturated rings. The van der Waals surface area contributed by atoms with Crippen LogP contribution in [0.3, 0.4) is 0 Å². The number of hydrogen-bond donors (Lipinski definition) is 0. The predicted molar refractivity (Wildman–Crippen MR) is 123 cm³/mol. The fraction of sp³-hybridized carbons (Fsp3) is 0.333. The topological polar surface area (TPSA) is 25.8 Å². The summed E-state index contributed by atoms with van der Waals surface area (Å²) in [4.78, 5) is 9.13. The Balaban J connectivity index is 0. The Morgan fingerprint density at radius 3 is 1.37 bits per heavy atom. The molecule has 27 heavy (non-hydrogen) atoms. The maximum absolute atomic E-state index is 3.88. The Kier molecular flexibility index (Phi) is 22.0. The van der Waals surface area contributed by atoms with Gasteiger partial charge in [0.25, 0.3) is 0 Å². The average Bonchev–Trinajstić information content (AvgIpc) is 2.74. The van der Waals surface area contributed by atoms with Gasteiger partial charge in [-0.05, 0) is 55.0 Å². The van der Waals surface area contributed by atoms with Gasteiger partial charge in [0.2, 0.25) is 0 Å². The van der Waals surface area contributed by atoms with E-state index in [0.717, 1.165) is 5.75 Å². The van der Waals surface area contributed by atoms with E-state index in [2.05, 4.69) is 41.2 Å². The summed E-state index contributed by atoms with van der Waals surface area (Å²) < 4.78 is 0. The van der Waals surface area contributed by atoms with Gasteiger partial charge >= 0.3 is 0 Å². The Morgan fingerprint density at radius 2 is 1.11 bits per heavy atom. The molecule has 0 saturated carbocycles. The standard InChI is InChI=1S/C8H10S.2C6H7N.2C2H6/c1-2-9-8-6-4-3-5-7-8;2*1-6-3-2-4-7-5-6;2*1-2/h3-7H,2H2,1H3;2*2-5H,1H3;2*1-2H3. The number of aryl methyl sites for hydroxylation is 2. The van der Waals surface area contributed by atoms with E-state index >= 15 is 0 Å². The molecule has 2 nitrogen and oxygen atoms in total. The van der Waals surface area contributed by atoms with Crippen molar-refractivity contribution in [3.8, 4) is 0 Å². The van der Waals surface area contributed by atoms with Crippen LogP contribution in [0.1, 0.15) is 45.7 Å². The second kappa shape index (κ2) is 21.9. The van der Waals surface area contributed by atoms with Gasteiger partial charge in [-0.2, -0.15) is 0 Å². The first-order valence-corrected chi connectivity index (χ1v) is 10.6. The SMILES string of the molecule is CC.CC.CCSc1ccccc1.Cc1cccnc1.Cc1cccnc1. The number of benzene rings is 1. The Hall–Kier alpha value is -2.13. The van der Waals surface area contributed by atoms with E-state index in [9.17, 15) is 0 Å². The molecule has 0 bridgehead atoms. The molecule has 0 radical (unpaired) electrons. The van der Waals surface area contributed by atoms with Gasteiger partial charge in [0.05, 0.1) is 0 Å². The quantitative estimate of drug-likeness (QED) is 0.425. The molecule has 148 valence electrons. The summed E-state index contributed by atoms with van der Waals surface area (Å²) >= 11 is 1.88. The van der Waals surface area contributed by atoms with Crippen LogP contribution < -0.4 is 0 Å². The van der Waals surface area contributed by atoms with Gasteiger partial charge in [0, 0.05) is 29.7 Å². The molecule has 3 rings (SSSR count). The van der Waals surface area contributed by atoms with Gasteiger partial charge in [-0.3, -0.25) is 9.97 Å². The van der Waals surface area contributed by atoms with E-state index in [1.165, 1.54) is 16.0 Å². The van der Waals surface area contributed by atoms with Gasteiger partial charge in [-0.1, -0.05) is 65.0 Å². The maximum Gasteiger partial charge on any atom is 0.0297 e. The van der Waals surface area contributed by atoms with Gasteiger partial charge < -0.3 is 0 Å². The highest BCUT2D eigenvalue weighted by Gasteiger charge is 1.84. The minimum absolute atomic E-state index is 1.16. The van der Waals surface area contributed by atoms with Crippen LogP contribution in [0, 0.1) is 13.8 Å². The minimum atomic E-state index is 1.16. The lowest BCUT2D eigenvalue weighted by Crippen LogP contribution is -1.69. The summed E-state index contributed by atoms with van der Waals surface area (Å²) in [5.74, 6) is 1.16. The molecule has 0 spiro atoms.